The highest BCUT2D eigenvalue weighted by Crippen LogP contribution is 2.22. The predicted octanol–water partition coefficient (Wildman–Crippen LogP) is 1.40. The van der Waals surface area contributed by atoms with E-state index in [2.05, 4.69) is 30.3 Å². The first kappa shape index (κ1) is 16.4. The Morgan fingerprint density at radius 2 is 2.04 bits per heavy atom. The van der Waals surface area contributed by atoms with E-state index >= 15 is 0 Å². The fraction of sp³-hybridized carbons (Fsp3) is 0.389. The van der Waals surface area contributed by atoms with Crippen LogP contribution in [-0.2, 0) is 7.05 Å². The molecule has 1 N–H and O–H groups in total. The van der Waals surface area contributed by atoms with Gasteiger partial charge in [-0.1, -0.05) is 0 Å². The molecule has 8 nitrogen and oxygen atoms in total. The van der Waals surface area contributed by atoms with E-state index in [-0.39, 0.29) is 5.91 Å². The topological polar surface area (TPSA) is 88.8 Å². The van der Waals surface area contributed by atoms with Crippen LogP contribution in [0.15, 0.2) is 36.9 Å². The number of hydrogen-bond acceptors (Lipinski definition) is 6. The molecule has 1 aliphatic rings. The molecular formula is C18H21N7O. The second kappa shape index (κ2) is 7.07. The van der Waals surface area contributed by atoms with Gasteiger partial charge in [-0.3, -0.25) is 14.5 Å². The van der Waals surface area contributed by atoms with Gasteiger partial charge in [0.05, 0.1) is 11.8 Å². The molecule has 134 valence electrons. The van der Waals surface area contributed by atoms with Crippen molar-refractivity contribution >= 4 is 22.9 Å². The lowest BCUT2D eigenvalue weighted by Gasteiger charge is -2.32. The molecule has 0 bridgehead atoms. The van der Waals surface area contributed by atoms with Crippen molar-refractivity contribution in [1.29, 1.82) is 0 Å². The van der Waals surface area contributed by atoms with E-state index in [1.54, 1.807) is 36.5 Å². The zero-order valence-corrected chi connectivity index (χ0v) is 14.7. The molecule has 0 unspecified atom stereocenters. The summed E-state index contributed by atoms with van der Waals surface area (Å²) in [5.74, 6) is 1.36. The molecule has 0 atom stereocenters. The standard InChI is InChI=1S/C18H21N7O/c1-24-12-14(11-22-24)18(26)21-10-13-4-8-25(9-5-13)16-3-2-15-17(23-16)20-7-6-19-15/h2-3,6-7,11-13H,4-5,8-10H2,1H3,(H,21,26). The zero-order chi connectivity index (χ0) is 17.9. The molecule has 26 heavy (non-hydrogen) atoms. The number of aromatic nitrogens is 5. The van der Waals surface area contributed by atoms with Gasteiger partial charge >= 0.3 is 0 Å². The lowest BCUT2D eigenvalue weighted by Crippen LogP contribution is -2.39. The molecule has 3 aromatic heterocycles. The van der Waals surface area contributed by atoms with Gasteiger partial charge < -0.3 is 10.2 Å². The minimum Gasteiger partial charge on any atom is -0.357 e. The van der Waals surface area contributed by atoms with Gasteiger partial charge in [0.25, 0.3) is 5.91 Å². The van der Waals surface area contributed by atoms with Crippen LogP contribution in [0.3, 0.4) is 0 Å². The summed E-state index contributed by atoms with van der Waals surface area (Å²) < 4.78 is 1.63. The molecule has 0 aromatic carbocycles. The molecule has 4 rings (SSSR count). The van der Waals surface area contributed by atoms with Crippen molar-refractivity contribution in [3.8, 4) is 0 Å². The van der Waals surface area contributed by atoms with Crippen LogP contribution in [0.2, 0.25) is 0 Å². The summed E-state index contributed by atoms with van der Waals surface area (Å²) in [5.41, 5.74) is 2.09. The number of carbonyl (C=O) groups excluding carboxylic acids is 1. The largest absolute Gasteiger partial charge is 0.357 e. The highest BCUT2D eigenvalue weighted by atomic mass is 16.1. The average Bonchev–Trinajstić information content (AvgIpc) is 3.12. The van der Waals surface area contributed by atoms with E-state index in [1.165, 1.54) is 0 Å². The van der Waals surface area contributed by atoms with Crippen LogP contribution in [0.25, 0.3) is 11.2 Å². The van der Waals surface area contributed by atoms with Gasteiger partial charge in [0.1, 0.15) is 11.3 Å². The van der Waals surface area contributed by atoms with E-state index in [4.69, 9.17) is 0 Å². The summed E-state index contributed by atoms with van der Waals surface area (Å²) in [4.78, 5) is 27.5. The number of fused-ring (bicyclic) bond motifs is 1. The van der Waals surface area contributed by atoms with Crippen molar-refractivity contribution in [3.63, 3.8) is 0 Å². The lowest BCUT2D eigenvalue weighted by atomic mass is 9.96. The molecule has 4 heterocycles. The molecule has 1 fully saturated rings. The molecule has 1 amide bonds. The maximum Gasteiger partial charge on any atom is 0.254 e. The second-order valence-corrected chi connectivity index (χ2v) is 6.61. The Morgan fingerprint density at radius 3 is 2.81 bits per heavy atom. The molecule has 1 aliphatic heterocycles. The van der Waals surface area contributed by atoms with Crippen molar-refractivity contribution < 1.29 is 4.79 Å². The Hall–Kier alpha value is -3.03. The summed E-state index contributed by atoms with van der Waals surface area (Å²) in [6, 6.07) is 3.96. The van der Waals surface area contributed by atoms with Gasteiger partial charge in [-0.15, -0.1) is 0 Å². The van der Waals surface area contributed by atoms with Crippen molar-refractivity contribution in [2.75, 3.05) is 24.5 Å². The maximum atomic E-state index is 12.1. The summed E-state index contributed by atoms with van der Waals surface area (Å²) in [5, 5.41) is 7.05. The van der Waals surface area contributed by atoms with Gasteiger partial charge in [-0.25, -0.2) is 9.97 Å². The highest BCUT2D eigenvalue weighted by molar-refractivity contribution is 5.93. The molecular weight excluding hydrogens is 330 g/mol. The number of aryl methyl sites for hydroxylation is 1. The third-order valence-corrected chi connectivity index (χ3v) is 4.77. The van der Waals surface area contributed by atoms with Crippen LogP contribution in [-0.4, -0.2) is 50.3 Å². The Labute approximate surface area is 151 Å². The average molecular weight is 351 g/mol. The molecule has 0 radical (unpaired) electrons. The summed E-state index contributed by atoms with van der Waals surface area (Å²) in [6.07, 6.45) is 8.70. The van der Waals surface area contributed by atoms with Gasteiger partial charge in [0.2, 0.25) is 0 Å². The quantitative estimate of drug-likeness (QED) is 0.764. The fourth-order valence-electron chi connectivity index (χ4n) is 3.26. The first-order valence-corrected chi connectivity index (χ1v) is 8.78. The van der Waals surface area contributed by atoms with E-state index in [1.807, 2.05) is 12.1 Å². The molecule has 0 saturated carbocycles. The Balaban J connectivity index is 1.31. The Bertz CT molecular complexity index is 915. The Kier molecular flexibility index (Phi) is 4.47. The number of amides is 1. The number of pyridine rings is 1. The first-order chi connectivity index (χ1) is 12.7. The summed E-state index contributed by atoms with van der Waals surface area (Å²) >= 11 is 0. The van der Waals surface area contributed by atoms with E-state index in [9.17, 15) is 4.79 Å². The number of anilines is 1. The van der Waals surface area contributed by atoms with Crippen molar-refractivity contribution in [3.05, 3.63) is 42.5 Å². The summed E-state index contributed by atoms with van der Waals surface area (Å²) in [7, 11) is 1.80. The molecule has 1 saturated heterocycles. The molecule has 8 heteroatoms. The van der Waals surface area contributed by atoms with Crippen LogP contribution in [0.5, 0.6) is 0 Å². The van der Waals surface area contributed by atoms with Crippen molar-refractivity contribution in [1.82, 2.24) is 30.0 Å². The van der Waals surface area contributed by atoms with Gasteiger partial charge in [-0.2, -0.15) is 5.10 Å². The number of nitrogens with one attached hydrogen (secondary N) is 1. The molecule has 0 aliphatic carbocycles. The zero-order valence-electron chi connectivity index (χ0n) is 14.7. The Morgan fingerprint density at radius 1 is 1.23 bits per heavy atom. The third kappa shape index (κ3) is 3.49. The lowest BCUT2D eigenvalue weighted by molar-refractivity contribution is 0.0945. The smallest absolute Gasteiger partial charge is 0.254 e. The monoisotopic (exact) mass is 351 g/mol. The molecule has 3 aromatic rings. The van der Waals surface area contributed by atoms with Gasteiger partial charge in [0.15, 0.2) is 5.65 Å². The third-order valence-electron chi connectivity index (χ3n) is 4.77. The minimum absolute atomic E-state index is 0.0599. The second-order valence-electron chi connectivity index (χ2n) is 6.61. The predicted molar refractivity (Wildman–Crippen MR) is 97.8 cm³/mol. The van der Waals surface area contributed by atoms with Crippen LogP contribution >= 0.6 is 0 Å². The van der Waals surface area contributed by atoms with E-state index < -0.39 is 0 Å². The normalized spacial score (nSPS) is 15.3. The van der Waals surface area contributed by atoms with Crippen molar-refractivity contribution in [2.24, 2.45) is 13.0 Å². The minimum atomic E-state index is -0.0599. The number of hydrogen-bond donors (Lipinski definition) is 1. The fourth-order valence-corrected chi connectivity index (χ4v) is 3.26. The number of piperidine rings is 1. The van der Waals surface area contributed by atoms with Gasteiger partial charge in [0, 0.05) is 45.3 Å². The van der Waals surface area contributed by atoms with Crippen molar-refractivity contribution in [2.45, 2.75) is 12.8 Å². The maximum absolute atomic E-state index is 12.1. The van der Waals surface area contributed by atoms with Crippen LogP contribution in [0.4, 0.5) is 5.82 Å². The number of rotatable bonds is 4. The molecule has 0 spiro atoms. The van der Waals surface area contributed by atoms with Crippen LogP contribution in [0.1, 0.15) is 23.2 Å². The number of carbonyl (C=O) groups is 1. The van der Waals surface area contributed by atoms with E-state index in [0.717, 1.165) is 37.3 Å². The summed E-state index contributed by atoms with van der Waals surface area (Å²) in [6.45, 7) is 2.54. The van der Waals surface area contributed by atoms with E-state index in [0.29, 0.717) is 23.7 Å². The van der Waals surface area contributed by atoms with Crippen LogP contribution < -0.4 is 10.2 Å². The highest BCUT2D eigenvalue weighted by Gasteiger charge is 2.21. The van der Waals surface area contributed by atoms with Crippen LogP contribution in [0, 0.1) is 5.92 Å². The SMILES string of the molecule is Cn1cc(C(=O)NCC2CCN(c3ccc4nccnc4n3)CC2)cn1. The first-order valence-electron chi connectivity index (χ1n) is 8.78. The van der Waals surface area contributed by atoms with Gasteiger partial charge in [-0.05, 0) is 30.9 Å². The number of nitrogens with zero attached hydrogens (tertiary/aromatic N) is 6.